The fraction of sp³-hybridized carbons (Fsp3) is 0.647. The fourth-order valence-electron chi connectivity index (χ4n) is 3.42. The highest BCUT2D eigenvalue weighted by Gasteiger charge is 2.41. The van der Waals surface area contributed by atoms with E-state index < -0.39 is 0 Å². The summed E-state index contributed by atoms with van der Waals surface area (Å²) >= 11 is 5.54. The topological polar surface area (TPSA) is 18.5 Å². The SMILES string of the molecule is Cc1cc(CBr)cc(C)c1OC1CCOC2(CCSC2)C1. The van der Waals surface area contributed by atoms with Crippen molar-refractivity contribution in [2.45, 2.75) is 50.1 Å². The molecule has 0 amide bonds. The van der Waals surface area contributed by atoms with Gasteiger partial charge in [0.15, 0.2) is 0 Å². The van der Waals surface area contributed by atoms with Crippen molar-refractivity contribution in [2.24, 2.45) is 0 Å². The fourth-order valence-corrected chi connectivity index (χ4v) is 5.12. The molecule has 1 aromatic rings. The lowest BCUT2D eigenvalue weighted by atomic mass is 9.91. The van der Waals surface area contributed by atoms with Crippen molar-refractivity contribution in [1.82, 2.24) is 0 Å². The Labute approximate surface area is 140 Å². The number of thioether (sulfide) groups is 1. The van der Waals surface area contributed by atoms with Crippen molar-refractivity contribution in [3.05, 3.63) is 28.8 Å². The van der Waals surface area contributed by atoms with Crippen molar-refractivity contribution in [3.63, 3.8) is 0 Å². The average Bonchev–Trinajstić information content (AvgIpc) is 2.90. The predicted octanol–water partition coefficient (Wildman–Crippen LogP) is 4.63. The largest absolute Gasteiger partial charge is 0.490 e. The van der Waals surface area contributed by atoms with Crippen LogP contribution in [0.4, 0.5) is 0 Å². The number of alkyl halides is 1. The molecule has 0 aromatic heterocycles. The number of hydrogen-bond donors (Lipinski definition) is 0. The Hall–Kier alpha value is -0.190. The van der Waals surface area contributed by atoms with E-state index in [4.69, 9.17) is 9.47 Å². The van der Waals surface area contributed by atoms with E-state index in [1.807, 2.05) is 11.8 Å². The smallest absolute Gasteiger partial charge is 0.125 e. The molecule has 2 aliphatic heterocycles. The summed E-state index contributed by atoms with van der Waals surface area (Å²) in [5, 5.41) is 0.895. The highest BCUT2D eigenvalue weighted by atomic mass is 79.9. The van der Waals surface area contributed by atoms with Crippen LogP contribution in [0.15, 0.2) is 12.1 Å². The van der Waals surface area contributed by atoms with Gasteiger partial charge in [-0.1, -0.05) is 28.1 Å². The van der Waals surface area contributed by atoms with Gasteiger partial charge in [-0.2, -0.15) is 11.8 Å². The van der Waals surface area contributed by atoms with E-state index in [9.17, 15) is 0 Å². The van der Waals surface area contributed by atoms with Gasteiger partial charge >= 0.3 is 0 Å². The molecule has 2 saturated heterocycles. The number of benzene rings is 1. The number of halogens is 1. The lowest BCUT2D eigenvalue weighted by molar-refractivity contribution is -0.0960. The maximum absolute atomic E-state index is 6.40. The number of ether oxygens (including phenoxy) is 2. The Balaban J connectivity index is 1.74. The first kappa shape index (κ1) is 15.7. The zero-order valence-corrected chi connectivity index (χ0v) is 15.2. The maximum atomic E-state index is 6.40. The molecule has 0 radical (unpaired) electrons. The van der Waals surface area contributed by atoms with Crippen LogP contribution < -0.4 is 4.74 Å². The van der Waals surface area contributed by atoms with Crippen LogP contribution in [0.5, 0.6) is 5.75 Å². The van der Waals surface area contributed by atoms with E-state index in [-0.39, 0.29) is 5.60 Å². The summed E-state index contributed by atoms with van der Waals surface area (Å²) in [6, 6.07) is 4.44. The molecular weight excluding hydrogens is 348 g/mol. The van der Waals surface area contributed by atoms with E-state index in [1.165, 1.54) is 28.9 Å². The summed E-state index contributed by atoms with van der Waals surface area (Å²) in [6.07, 6.45) is 3.52. The molecule has 0 aliphatic carbocycles. The molecule has 0 N–H and O–H groups in total. The second-order valence-corrected chi connectivity index (χ2v) is 7.92. The standard InChI is InChI=1S/C17H23BrO2S/c1-12-7-14(10-18)8-13(2)16(12)20-15-3-5-19-17(9-15)4-6-21-11-17/h7-8,15H,3-6,9-11H2,1-2H3. The van der Waals surface area contributed by atoms with Gasteiger partial charge in [0.25, 0.3) is 0 Å². The van der Waals surface area contributed by atoms with Crippen molar-refractivity contribution < 1.29 is 9.47 Å². The second kappa shape index (κ2) is 6.51. The molecule has 116 valence electrons. The molecule has 21 heavy (non-hydrogen) atoms. The van der Waals surface area contributed by atoms with E-state index in [1.54, 1.807) is 0 Å². The molecule has 2 heterocycles. The lowest BCUT2D eigenvalue weighted by Crippen LogP contribution is -2.44. The van der Waals surface area contributed by atoms with E-state index in [0.717, 1.165) is 36.3 Å². The minimum Gasteiger partial charge on any atom is -0.490 e. The van der Waals surface area contributed by atoms with Crippen LogP contribution in [0.3, 0.4) is 0 Å². The van der Waals surface area contributed by atoms with Crippen LogP contribution in [0.2, 0.25) is 0 Å². The summed E-state index contributed by atoms with van der Waals surface area (Å²) in [5.41, 5.74) is 3.88. The third kappa shape index (κ3) is 3.43. The molecule has 3 rings (SSSR count). The Morgan fingerprint density at radius 1 is 1.38 bits per heavy atom. The molecule has 0 saturated carbocycles. The number of rotatable bonds is 3. The van der Waals surface area contributed by atoms with Crippen LogP contribution in [-0.2, 0) is 10.1 Å². The van der Waals surface area contributed by atoms with Gasteiger partial charge in [0, 0.05) is 23.9 Å². The molecule has 1 spiro atoms. The van der Waals surface area contributed by atoms with Gasteiger partial charge in [0.2, 0.25) is 0 Å². The molecule has 4 heteroatoms. The highest BCUT2D eigenvalue weighted by molar-refractivity contribution is 9.08. The van der Waals surface area contributed by atoms with E-state index in [0.29, 0.717) is 6.10 Å². The number of hydrogen-bond acceptors (Lipinski definition) is 3. The van der Waals surface area contributed by atoms with Gasteiger partial charge in [0.1, 0.15) is 11.9 Å². The molecular formula is C17H23BrO2S. The Bertz CT molecular complexity index is 489. The summed E-state index contributed by atoms with van der Waals surface area (Å²) in [4.78, 5) is 0. The van der Waals surface area contributed by atoms with Gasteiger partial charge in [0.05, 0.1) is 12.2 Å². The highest BCUT2D eigenvalue weighted by Crippen LogP contribution is 2.40. The molecule has 2 nitrogen and oxygen atoms in total. The summed E-state index contributed by atoms with van der Waals surface area (Å²) in [5.74, 6) is 3.44. The average molecular weight is 371 g/mol. The summed E-state index contributed by atoms with van der Waals surface area (Å²) in [6.45, 7) is 5.13. The van der Waals surface area contributed by atoms with Gasteiger partial charge in [-0.15, -0.1) is 0 Å². The van der Waals surface area contributed by atoms with Gasteiger partial charge < -0.3 is 9.47 Å². The summed E-state index contributed by atoms with van der Waals surface area (Å²) in [7, 11) is 0. The van der Waals surface area contributed by atoms with E-state index >= 15 is 0 Å². The molecule has 1 aromatic carbocycles. The Kier molecular flexibility index (Phi) is 4.87. The first-order chi connectivity index (χ1) is 10.1. The van der Waals surface area contributed by atoms with Crippen LogP contribution in [-0.4, -0.2) is 29.8 Å². The molecule has 2 atom stereocenters. The van der Waals surface area contributed by atoms with Crippen molar-refractivity contribution in [2.75, 3.05) is 18.1 Å². The minimum atomic E-state index is 0.0885. The zero-order valence-electron chi connectivity index (χ0n) is 12.8. The molecule has 2 fully saturated rings. The first-order valence-corrected chi connectivity index (χ1v) is 9.94. The third-order valence-corrected chi connectivity index (χ3v) is 6.34. The zero-order chi connectivity index (χ0) is 14.9. The minimum absolute atomic E-state index is 0.0885. The third-order valence-electron chi connectivity index (χ3n) is 4.47. The molecule has 2 unspecified atom stereocenters. The first-order valence-electron chi connectivity index (χ1n) is 7.66. The monoisotopic (exact) mass is 370 g/mol. The van der Waals surface area contributed by atoms with Crippen molar-refractivity contribution in [3.8, 4) is 5.75 Å². The summed E-state index contributed by atoms with van der Waals surface area (Å²) < 4.78 is 12.5. The van der Waals surface area contributed by atoms with Crippen LogP contribution in [0, 0.1) is 13.8 Å². The van der Waals surface area contributed by atoms with Gasteiger partial charge in [-0.05, 0) is 42.7 Å². The lowest BCUT2D eigenvalue weighted by Gasteiger charge is -2.38. The normalized spacial score (nSPS) is 29.0. The van der Waals surface area contributed by atoms with Gasteiger partial charge in [-0.25, -0.2) is 0 Å². The van der Waals surface area contributed by atoms with Crippen LogP contribution >= 0.6 is 27.7 Å². The van der Waals surface area contributed by atoms with Crippen LogP contribution in [0.1, 0.15) is 36.0 Å². The van der Waals surface area contributed by atoms with Gasteiger partial charge in [-0.3, -0.25) is 0 Å². The Morgan fingerprint density at radius 3 is 2.76 bits per heavy atom. The molecule has 2 aliphatic rings. The van der Waals surface area contributed by atoms with E-state index in [2.05, 4.69) is 41.9 Å². The molecule has 0 bridgehead atoms. The Morgan fingerprint density at radius 2 is 2.14 bits per heavy atom. The maximum Gasteiger partial charge on any atom is 0.125 e. The number of aryl methyl sites for hydroxylation is 2. The van der Waals surface area contributed by atoms with Crippen LogP contribution in [0.25, 0.3) is 0 Å². The van der Waals surface area contributed by atoms with Crippen molar-refractivity contribution >= 4 is 27.7 Å². The quantitative estimate of drug-likeness (QED) is 0.722. The predicted molar refractivity (Wildman–Crippen MR) is 92.8 cm³/mol. The van der Waals surface area contributed by atoms with Crippen molar-refractivity contribution in [1.29, 1.82) is 0 Å². The second-order valence-electron chi connectivity index (χ2n) is 6.26.